The van der Waals surface area contributed by atoms with Gasteiger partial charge >= 0.3 is 0 Å². The summed E-state index contributed by atoms with van der Waals surface area (Å²) in [4.78, 5) is 0. The Kier molecular flexibility index (Phi) is 13.3. The molecular weight excluding hydrogens is 769 g/mol. The van der Waals surface area contributed by atoms with Gasteiger partial charge in [0.05, 0.1) is 11.9 Å². The van der Waals surface area contributed by atoms with E-state index in [0.29, 0.717) is 40.6 Å². The molecule has 1 radical (unpaired) electrons. The number of aliphatic hydroxyl groups is 2. The SMILES string of the molecule is CCC(CC)/C(O)=C/[C@@H](O)C(CC)CC.[2H]C([2H])([2H])[C@@H]1CCC2[C@@H]3CC[CH-]C([C@H]4CC[C@H]5SC(C(C)(C)C(C)(C)C)CC5[N-]4)=C3O[C@@H]2N1.[Ir]. The van der Waals surface area contributed by atoms with Crippen molar-refractivity contribution >= 4 is 11.8 Å². The van der Waals surface area contributed by atoms with Crippen LogP contribution in [0.25, 0.3) is 5.32 Å². The van der Waals surface area contributed by atoms with Gasteiger partial charge < -0.3 is 20.3 Å². The van der Waals surface area contributed by atoms with Crippen molar-refractivity contribution in [2.24, 2.45) is 34.5 Å². The average Bonchev–Trinajstić information content (AvgIpc) is 3.63. The maximum absolute atomic E-state index is 9.88. The van der Waals surface area contributed by atoms with Crippen LogP contribution in [0.3, 0.4) is 0 Å². The number of fused-ring (bicyclic) bond motifs is 4. The zero-order valence-corrected chi connectivity index (χ0v) is 33.5. The molecule has 0 saturated carbocycles. The normalized spacial score (nSPS) is 34.9. The van der Waals surface area contributed by atoms with E-state index >= 15 is 0 Å². The van der Waals surface area contributed by atoms with Crippen molar-refractivity contribution in [2.75, 3.05) is 0 Å². The summed E-state index contributed by atoms with van der Waals surface area (Å²) in [5, 5.41) is 29.8. The summed E-state index contributed by atoms with van der Waals surface area (Å²) < 4.78 is 30.0. The van der Waals surface area contributed by atoms with Crippen molar-refractivity contribution in [1.82, 2.24) is 5.32 Å². The zero-order chi connectivity index (χ0) is 35.6. The van der Waals surface area contributed by atoms with Gasteiger partial charge in [0.1, 0.15) is 6.23 Å². The number of aliphatic hydroxyl groups excluding tert-OH is 2. The van der Waals surface area contributed by atoms with Gasteiger partial charge in [0.2, 0.25) is 0 Å². The van der Waals surface area contributed by atoms with E-state index in [4.69, 9.17) is 14.2 Å². The number of piperidine rings is 2. The molecular formula is C39H68IrN2O3S-2. The van der Waals surface area contributed by atoms with Crippen molar-refractivity contribution in [1.29, 1.82) is 0 Å². The van der Waals surface area contributed by atoms with Crippen molar-refractivity contribution in [2.45, 2.75) is 181 Å². The molecule has 46 heavy (non-hydrogen) atoms. The van der Waals surface area contributed by atoms with Gasteiger partial charge in [-0.1, -0.05) is 94.4 Å². The van der Waals surface area contributed by atoms with Crippen molar-refractivity contribution in [3.05, 3.63) is 34.9 Å². The van der Waals surface area contributed by atoms with Crippen LogP contribution < -0.4 is 5.32 Å². The molecule has 0 spiro atoms. The summed E-state index contributed by atoms with van der Waals surface area (Å²) in [6.45, 7) is 18.3. The molecule has 4 heterocycles. The third-order valence-corrected chi connectivity index (χ3v) is 14.5. The fourth-order valence-electron chi connectivity index (χ4n) is 8.20. The molecule has 4 aliphatic heterocycles. The predicted molar refractivity (Wildman–Crippen MR) is 192 cm³/mol. The van der Waals surface area contributed by atoms with Crippen LogP contribution >= 0.6 is 11.8 Å². The van der Waals surface area contributed by atoms with Crippen LogP contribution in [-0.4, -0.2) is 51.2 Å². The van der Waals surface area contributed by atoms with Gasteiger partial charge in [-0.05, 0) is 78.7 Å². The Morgan fingerprint density at radius 3 is 2.37 bits per heavy atom. The molecule has 1 aliphatic carbocycles. The standard InChI is InChI=1S/C26H42N2OS.C13H26O2.Ir/c1-15-10-11-17-16-8-7-9-18(23(16)29-24(17)27-15)19-12-13-21-20(28-19)14-22(30-21)26(5,6)25(2,3)4;1-5-10(6-2)12(14)9-13(15)11(7-3)8-4;/h9,15-17,19-22,24,27H,7-8,10-14H2,1-6H3;9-12,14-15H,5-8H2,1-4H3;/q-2;;/b;13-9-;/t15-,16+,17?,19-,20?,21-,22?,24+;12-;/m11./s1/i1D3;;. The summed E-state index contributed by atoms with van der Waals surface area (Å²) in [5.41, 5.74) is 1.88. The second-order valence-corrected chi connectivity index (χ2v) is 17.5. The fraction of sp³-hybridized carbons (Fsp3) is 0.872. The molecule has 0 aromatic heterocycles. The van der Waals surface area contributed by atoms with Gasteiger partial charge in [0, 0.05) is 47.3 Å². The van der Waals surface area contributed by atoms with Crippen LogP contribution in [-0.2, 0) is 24.8 Å². The van der Waals surface area contributed by atoms with Crippen LogP contribution in [0.1, 0.15) is 144 Å². The Morgan fingerprint density at radius 1 is 1.07 bits per heavy atom. The number of nitrogens with one attached hydrogen (secondary N) is 1. The number of allylic oxidation sites excluding steroid dienone is 2. The molecule has 0 bridgehead atoms. The number of hydrogen-bond acceptors (Lipinski definition) is 5. The summed E-state index contributed by atoms with van der Waals surface area (Å²) in [5.74, 6) is 2.80. The fourth-order valence-corrected chi connectivity index (χ4v) is 10.3. The van der Waals surface area contributed by atoms with Crippen molar-refractivity contribution < 1.29 is 39.2 Å². The number of thioether (sulfide) groups is 1. The molecule has 0 aromatic carbocycles. The molecule has 0 aromatic rings. The van der Waals surface area contributed by atoms with Crippen LogP contribution in [0.5, 0.6) is 0 Å². The second-order valence-electron chi connectivity index (χ2n) is 16.1. The predicted octanol–water partition coefficient (Wildman–Crippen LogP) is 10.1. The zero-order valence-electron chi connectivity index (χ0n) is 33.3. The first kappa shape index (κ1) is 35.6. The topological polar surface area (TPSA) is 75.8 Å². The van der Waals surface area contributed by atoms with Crippen LogP contribution in [0.15, 0.2) is 23.2 Å². The first-order valence-electron chi connectivity index (χ1n) is 19.9. The summed E-state index contributed by atoms with van der Waals surface area (Å²) in [6.07, 6.45) is 14.5. The Balaban J connectivity index is 0.000000347. The molecule has 4 saturated heterocycles. The van der Waals surface area contributed by atoms with Gasteiger partial charge in [-0.2, -0.15) is 17.3 Å². The maximum atomic E-state index is 9.88. The smallest absolute Gasteiger partial charge is 0.131 e. The first-order valence-corrected chi connectivity index (χ1v) is 19.3. The minimum absolute atomic E-state index is 0. The summed E-state index contributed by atoms with van der Waals surface area (Å²) >= 11 is 2.20. The average molecular weight is 840 g/mol. The third kappa shape index (κ3) is 8.94. The van der Waals surface area contributed by atoms with Crippen LogP contribution in [0, 0.1) is 40.9 Å². The quantitative estimate of drug-likeness (QED) is 0.159. The molecule has 9 atom stereocenters. The second kappa shape index (κ2) is 17.2. The van der Waals surface area contributed by atoms with Gasteiger partial charge in [-0.15, -0.1) is 18.5 Å². The Hall–Kier alpha value is -0.171. The summed E-state index contributed by atoms with van der Waals surface area (Å²) in [7, 11) is 0. The molecule has 0 amide bonds. The summed E-state index contributed by atoms with van der Waals surface area (Å²) in [6, 6.07) is 0.245. The maximum Gasteiger partial charge on any atom is 0.131 e. The molecule has 5 aliphatic rings. The molecule has 7 heteroatoms. The molecule has 4 fully saturated rings. The van der Waals surface area contributed by atoms with E-state index in [1.54, 1.807) is 6.08 Å². The van der Waals surface area contributed by atoms with Crippen molar-refractivity contribution in [3.8, 4) is 0 Å². The Labute approximate surface area is 305 Å². The van der Waals surface area contributed by atoms with E-state index in [0.717, 1.165) is 57.1 Å². The van der Waals surface area contributed by atoms with E-state index in [9.17, 15) is 10.2 Å². The van der Waals surface area contributed by atoms with Gasteiger partial charge in [0.25, 0.3) is 0 Å². The molecule has 5 nitrogen and oxygen atoms in total. The minimum atomic E-state index is -1.96. The van der Waals surface area contributed by atoms with Gasteiger partial charge in [-0.3, -0.25) is 5.32 Å². The Morgan fingerprint density at radius 2 is 1.76 bits per heavy atom. The van der Waals surface area contributed by atoms with E-state index in [-0.39, 0.29) is 55.0 Å². The van der Waals surface area contributed by atoms with Crippen LogP contribution in [0.2, 0.25) is 0 Å². The number of hydrogen-bond donors (Lipinski definition) is 3. The monoisotopic (exact) mass is 840 g/mol. The number of ether oxygens (including phenoxy) is 1. The molecule has 3 N–H and O–H groups in total. The first-order chi connectivity index (χ1) is 22.5. The van der Waals surface area contributed by atoms with E-state index in [1.807, 2.05) is 0 Å². The number of nitrogens with zero attached hydrogens (tertiary/aromatic N) is 1. The molecule has 3 unspecified atom stereocenters. The van der Waals surface area contributed by atoms with E-state index in [1.165, 1.54) is 18.4 Å². The minimum Gasteiger partial charge on any atom is -0.654 e. The van der Waals surface area contributed by atoms with Crippen molar-refractivity contribution in [3.63, 3.8) is 0 Å². The van der Waals surface area contributed by atoms with Crippen LogP contribution in [0.4, 0.5) is 0 Å². The molecule has 5 rings (SSSR count). The third-order valence-electron chi connectivity index (χ3n) is 12.5. The number of rotatable bonds is 9. The van der Waals surface area contributed by atoms with E-state index < -0.39 is 19.0 Å². The largest absolute Gasteiger partial charge is 0.654 e. The Bertz CT molecular complexity index is 1120. The van der Waals surface area contributed by atoms with Gasteiger partial charge in [0.15, 0.2) is 0 Å². The van der Waals surface area contributed by atoms with Gasteiger partial charge in [-0.25, -0.2) is 6.42 Å². The molecule has 269 valence electrons. The van der Waals surface area contributed by atoms with E-state index in [2.05, 4.69) is 85.8 Å².